The molecule has 0 saturated carbocycles. The molecule has 0 N–H and O–H groups in total. The van der Waals surface area contributed by atoms with Gasteiger partial charge in [-0.3, -0.25) is 9.59 Å². The molecule has 0 aliphatic carbocycles. The molecule has 1 aliphatic heterocycles. The van der Waals surface area contributed by atoms with Gasteiger partial charge in [0.25, 0.3) is 11.8 Å². The number of anilines is 1. The molecule has 0 fully saturated rings. The fraction of sp³-hybridized carbons (Fsp3) is 0. The molecule has 1 heterocycles. The molecule has 3 nitrogen and oxygen atoms in total. The van der Waals surface area contributed by atoms with Crippen LogP contribution in [0.15, 0.2) is 47.5 Å². The Morgan fingerprint density at radius 1 is 0.826 bits per heavy atom. The third-order valence-electron chi connectivity index (χ3n) is 3.31. The number of benzene rings is 2. The van der Waals surface area contributed by atoms with Gasteiger partial charge in [0.1, 0.15) is 22.5 Å². The van der Waals surface area contributed by atoms with Gasteiger partial charge in [-0.05, 0) is 29.8 Å². The van der Waals surface area contributed by atoms with E-state index in [9.17, 15) is 22.8 Å². The minimum absolute atomic E-state index is 0.194. The van der Waals surface area contributed by atoms with E-state index in [0.29, 0.717) is 4.90 Å². The minimum Gasteiger partial charge on any atom is -0.268 e. The van der Waals surface area contributed by atoms with Crippen molar-refractivity contribution < 1.29 is 22.8 Å². The molecule has 2 amide bonds. The normalized spacial score (nSPS) is 14.9. The molecule has 116 valence electrons. The summed E-state index contributed by atoms with van der Waals surface area (Å²) in [6, 6.07) is 7.11. The Balaban J connectivity index is 2.09. The van der Waals surface area contributed by atoms with Gasteiger partial charge in [0.15, 0.2) is 0 Å². The second kappa shape index (κ2) is 5.55. The number of rotatable bonds is 2. The molecule has 0 saturated heterocycles. The molecule has 0 aromatic heterocycles. The number of amides is 2. The van der Waals surface area contributed by atoms with Gasteiger partial charge in [-0.25, -0.2) is 18.1 Å². The molecule has 2 aromatic rings. The third kappa shape index (κ3) is 2.51. The van der Waals surface area contributed by atoms with Crippen molar-refractivity contribution in [1.29, 1.82) is 0 Å². The van der Waals surface area contributed by atoms with Crippen LogP contribution in [0.5, 0.6) is 0 Å². The maximum absolute atomic E-state index is 13.9. The first-order chi connectivity index (χ1) is 10.9. The summed E-state index contributed by atoms with van der Waals surface area (Å²) in [5.74, 6) is -4.17. The zero-order valence-corrected chi connectivity index (χ0v) is 12.1. The van der Waals surface area contributed by atoms with E-state index in [4.69, 9.17) is 11.6 Å². The highest BCUT2D eigenvalue weighted by Gasteiger charge is 2.40. The summed E-state index contributed by atoms with van der Waals surface area (Å²) in [5.41, 5.74) is -0.523. The van der Waals surface area contributed by atoms with E-state index in [-0.39, 0.29) is 11.1 Å². The number of carbonyl (C=O) groups is 2. The van der Waals surface area contributed by atoms with Gasteiger partial charge in [-0.15, -0.1) is 0 Å². The lowest BCUT2D eigenvalue weighted by Gasteiger charge is -2.15. The first kappa shape index (κ1) is 15.3. The summed E-state index contributed by atoms with van der Waals surface area (Å²) in [4.78, 5) is 25.1. The van der Waals surface area contributed by atoms with Crippen molar-refractivity contribution in [2.24, 2.45) is 0 Å². The number of hydrogen-bond acceptors (Lipinski definition) is 2. The number of hydrogen-bond donors (Lipinski definition) is 0. The number of imide groups is 1. The first-order valence-electron chi connectivity index (χ1n) is 6.39. The van der Waals surface area contributed by atoms with Crippen LogP contribution in [0.1, 0.15) is 5.56 Å². The Hall–Kier alpha value is -2.60. The summed E-state index contributed by atoms with van der Waals surface area (Å²) < 4.78 is 40.1. The Bertz CT molecular complexity index is 862. The van der Waals surface area contributed by atoms with Crippen molar-refractivity contribution in [3.63, 3.8) is 0 Å². The molecular formula is C16H7ClF3NO2. The topological polar surface area (TPSA) is 37.4 Å². The van der Waals surface area contributed by atoms with Gasteiger partial charge >= 0.3 is 0 Å². The van der Waals surface area contributed by atoms with Crippen LogP contribution in [0.3, 0.4) is 0 Å². The average molecular weight is 338 g/mol. The van der Waals surface area contributed by atoms with Crippen LogP contribution in [0.25, 0.3) is 5.57 Å². The molecule has 23 heavy (non-hydrogen) atoms. The molecular weight excluding hydrogens is 331 g/mol. The highest BCUT2D eigenvalue weighted by Crippen LogP contribution is 2.36. The monoisotopic (exact) mass is 337 g/mol. The van der Waals surface area contributed by atoms with Crippen molar-refractivity contribution in [3.05, 3.63) is 70.5 Å². The smallest absolute Gasteiger partial charge is 0.268 e. The predicted molar refractivity (Wildman–Crippen MR) is 78.0 cm³/mol. The lowest BCUT2D eigenvalue weighted by atomic mass is 10.1. The Morgan fingerprint density at radius 2 is 1.43 bits per heavy atom. The van der Waals surface area contributed by atoms with E-state index >= 15 is 0 Å². The van der Waals surface area contributed by atoms with Crippen LogP contribution in [0.2, 0.25) is 0 Å². The highest BCUT2D eigenvalue weighted by atomic mass is 35.5. The summed E-state index contributed by atoms with van der Waals surface area (Å²) in [6.07, 6.45) is 0. The quantitative estimate of drug-likeness (QED) is 0.785. The summed E-state index contributed by atoms with van der Waals surface area (Å²) in [7, 11) is 0. The molecule has 2 aromatic carbocycles. The van der Waals surface area contributed by atoms with Gasteiger partial charge in [-0.1, -0.05) is 23.7 Å². The fourth-order valence-corrected chi connectivity index (χ4v) is 2.52. The van der Waals surface area contributed by atoms with Crippen molar-refractivity contribution in [2.45, 2.75) is 0 Å². The Morgan fingerprint density at radius 3 is 2.09 bits per heavy atom. The average Bonchev–Trinajstić information content (AvgIpc) is 2.73. The lowest BCUT2D eigenvalue weighted by Crippen LogP contribution is -2.32. The van der Waals surface area contributed by atoms with Crippen molar-refractivity contribution in [3.8, 4) is 0 Å². The molecule has 3 rings (SSSR count). The number of nitrogens with zero attached hydrogens (tertiary/aromatic N) is 1. The van der Waals surface area contributed by atoms with Crippen LogP contribution in [0, 0.1) is 17.5 Å². The first-order valence-corrected chi connectivity index (χ1v) is 6.77. The van der Waals surface area contributed by atoms with Crippen LogP contribution in [0.4, 0.5) is 18.9 Å². The highest BCUT2D eigenvalue weighted by molar-refractivity contribution is 6.60. The number of halogens is 4. The molecule has 0 bridgehead atoms. The Labute approximate surface area is 133 Å². The fourth-order valence-electron chi connectivity index (χ4n) is 2.25. The van der Waals surface area contributed by atoms with Crippen LogP contribution >= 0.6 is 11.6 Å². The standard InChI is InChI=1S/C16H7ClF3NO2/c17-14-13(8-1-3-9(18)4-2-8)15(22)21(16(14)23)12-7-10(19)5-6-11(12)20/h1-7H. The van der Waals surface area contributed by atoms with Crippen molar-refractivity contribution in [2.75, 3.05) is 4.90 Å². The second-order valence-electron chi connectivity index (χ2n) is 4.74. The van der Waals surface area contributed by atoms with Crippen LogP contribution < -0.4 is 4.90 Å². The second-order valence-corrected chi connectivity index (χ2v) is 5.12. The van der Waals surface area contributed by atoms with Crippen molar-refractivity contribution in [1.82, 2.24) is 0 Å². The van der Waals surface area contributed by atoms with Crippen LogP contribution in [-0.4, -0.2) is 11.8 Å². The van der Waals surface area contributed by atoms with Crippen molar-refractivity contribution >= 4 is 34.7 Å². The Kier molecular flexibility index (Phi) is 3.69. The van der Waals surface area contributed by atoms with Crippen LogP contribution in [-0.2, 0) is 9.59 Å². The van der Waals surface area contributed by atoms with E-state index in [1.54, 1.807) is 0 Å². The summed E-state index contributed by atoms with van der Waals surface area (Å²) in [6.45, 7) is 0. The predicted octanol–water partition coefficient (Wildman–Crippen LogP) is 3.63. The van der Waals surface area contributed by atoms with Gasteiger partial charge in [-0.2, -0.15) is 0 Å². The molecule has 0 spiro atoms. The van der Waals surface area contributed by atoms with E-state index < -0.39 is 40.0 Å². The maximum atomic E-state index is 13.9. The van der Waals surface area contributed by atoms with E-state index in [2.05, 4.69) is 0 Å². The summed E-state index contributed by atoms with van der Waals surface area (Å²) >= 11 is 5.89. The zero-order chi connectivity index (χ0) is 16.7. The number of carbonyl (C=O) groups excluding carboxylic acids is 2. The molecule has 1 aliphatic rings. The van der Waals surface area contributed by atoms with E-state index in [0.717, 1.165) is 30.3 Å². The molecule has 0 radical (unpaired) electrons. The van der Waals surface area contributed by atoms with Gasteiger partial charge < -0.3 is 0 Å². The maximum Gasteiger partial charge on any atom is 0.277 e. The third-order valence-corrected chi connectivity index (χ3v) is 3.66. The molecule has 0 unspecified atom stereocenters. The summed E-state index contributed by atoms with van der Waals surface area (Å²) in [5, 5.41) is -0.440. The zero-order valence-electron chi connectivity index (χ0n) is 11.3. The van der Waals surface area contributed by atoms with Gasteiger partial charge in [0.05, 0.1) is 11.3 Å². The lowest BCUT2D eigenvalue weighted by molar-refractivity contribution is -0.119. The van der Waals surface area contributed by atoms with E-state index in [1.165, 1.54) is 12.1 Å². The SMILES string of the molecule is O=C1C(Cl)=C(c2ccc(F)cc2)C(=O)N1c1cc(F)ccc1F. The van der Waals surface area contributed by atoms with Gasteiger partial charge in [0.2, 0.25) is 0 Å². The molecule has 0 atom stereocenters. The molecule has 7 heteroatoms. The van der Waals surface area contributed by atoms with E-state index in [1.807, 2.05) is 0 Å². The minimum atomic E-state index is -0.972. The van der Waals surface area contributed by atoms with Gasteiger partial charge in [0, 0.05) is 6.07 Å². The largest absolute Gasteiger partial charge is 0.277 e.